The van der Waals surface area contributed by atoms with Crippen molar-refractivity contribution in [1.82, 2.24) is 14.8 Å². The lowest BCUT2D eigenvalue weighted by molar-refractivity contribution is 0.543. The summed E-state index contributed by atoms with van der Waals surface area (Å²) < 4.78 is 2.29. The number of hydrogen-bond acceptors (Lipinski definition) is 3. The van der Waals surface area contributed by atoms with Crippen molar-refractivity contribution in [3.05, 3.63) is 11.6 Å². The second-order valence-electron chi connectivity index (χ2n) is 4.29. The van der Waals surface area contributed by atoms with Crippen LogP contribution in [-0.2, 0) is 6.54 Å². The van der Waals surface area contributed by atoms with E-state index in [1.165, 1.54) is 12.8 Å². The molecule has 1 aromatic heterocycles. The summed E-state index contributed by atoms with van der Waals surface area (Å²) in [7, 11) is 0. The Morgan fingerprint density at radius 1 is 1.33 bits per heavy atom. The largest absolute Gasteiger partial charge is 0.324 e. The Balaban J connectivity index is 2.32. The van der Waals surface area contributed by atoms with E-state index in [0.29, 0.717) is 18.5 Å². The molecule has 0 amide bonds. The van der Waals surface area contributed by atoms with Crippen LogP contribution >= 0.6 is 0 Å². The van der Waals surface area contributed by atoms with Gasteiger partial charge >= 0.3 is 0 Å². The SMILES string of the molecule is CCC(CC)c1nnc(CN)n1C1CC1. The first kappa shape index (κ1) is 10.6. The van der Waals surface area contributed by atoms with Crippen molar-refractivity contribution in [2.45, 2.75) is 58.0 Å². The maximum absolute atomic E-state index is 5.69. The van der Waals surface area contributed by atoms with Crippen LogP contribution in [-0.4, -0.2) is 14.8 Å². The molecule has 1 heterocycles. The predicted molar refractivity (Wildman–Crippen MR) is 59.5 cm³/mol. The Bertz CT molecular complexity index is 323. The van der Waals surface area contributed by atoms with Gasteiger partial charge in [0.25, 0.3) is 0 Å². The number of aromatic nitrogens is 3. The molecule has 0 saturated heterocycles. The van der Waals surface area contributed by atoms with Gasteiger partial charge in [-0.05, 0) is 25.7 Å². The van der Waals surface area contributed by atoms with Crippen molar-refractivity contribution < 1.29 is 0 Å². The van der Waals surface area contributed by atoms with Crippen LogP contribution in [0.3, 0.4) is 0 Å². The van der Waals surface area contributed by atoms with E-state index in [1.807, 2.05) is 0 Å². The van der Waals surface area contributed by atoms with Crippen LogP contribution in [0, 0.1) is 0 Å². The predicted octanol–water partition coefficient (Wildman–Crippen LogP) is 1.98. The maximum Gasteiger partial charge on any atom is 0.147 e. The van der Waals surface area contributed by atoms with E-state index in [0.717, 1.165) is 24.5 Å². The molecule has 1 fully saturated rings. The van der Waals surface area contributed by atoms with Crippen molar-refractivity contribution in [3.63, 3.8) is 0 Å². The lowest BCUT2D eigenvalue weighted by Crippen LogP contribution is -2.12. The van der Waals surface area contributed by atoms with Gasteiger partial charge in [0, 0.05) is 12.0 Å². The van der Waals surface area contributed by atoms with E-state index in [9.17, 15) is 0 Å². The van der Waals surface area contributed by atoms with Crippen molar-refractivity contribution in [2.75, 3.05) is 0 Å². The third kappa shape index (κ3) is 1.91. The topological polar surface area (TPSA) is 56.7 Å². The first-order valence-electron chi connectivity index (χ1n) is 5.95. The zero-order chi connectivity index (χ0) is 10.8. The van der Waals surface area contributed by atoms with E-state index >= 15 is 0 Å². The van der Waals surface area contributed by atoms with Gasteiger partial charge < -0.3 is 10.3 Å². The van der Waals surface area contributed by atoms with Gasteiger partial charge in [-0.2, -0.15) is 0 Å². The van der Waals surface area contributed by atoms with Gasteiger partial charge in [-0.25, -0.2) is 0 Å². The Labute approximate surface area is 90.9 Å². The Kier molecular flexibility index (Phi) is 3.05. The zero-order valence-corrected chi connectivity index (χ0v) is 9.61. The van der Waals surface area contributed by atoms with E-state index in [4.69, 9.17) is 5.73 Å². The van der Waals surface area contributed by atoms with Crippen LogP contribution in [0.1, 0.15) is 63.1 Å². The number of hydrogen-bond donors (Lipinski definition) is 1. The summed E-state index contributed by atoms with van der Waals surface area (Å²) in [5.74, 6) is 2.65. The summed E-state index contributed by atoms with van der Waals surface area (Å²) >= 11 is 0. The average Bonchev–Trinajstić information content (AvgIpc) is 3.01. The van der Waals surface area contributed by atoms with Crippen molar-refractivity contribution in [1.29, 1.82) is 0 Å². The van der Waals surface area contributed by atoms with Gasteiger partial charge in [-0.1, -0.05) is 13.8 Å². The van der Waals surface area contributed by atoms with Gasteiger partial charge in [-0.3, -0.25) is 0 Å². The molecule has 0 aliphatic heterocycles. The van der Waals surface area contributed by atoms with Gasteiger partial charge in [0.05, 0.1) is 6.54 Å². The van der Waals surface area contributed by atoms with Gasteiger partial charge in [-0.15, -0.1) is 10.2 Å². The summed E-state index contributed by atoms with van der Waals surface area (Å²) in [5, 5.41) is 8.52. The van der Waals surface area contributed by atoms with Crippen LogP contribution < -0.4 is 5.73 Å². The minimum absolute atomic E-state index is 0.504. The molecule has 0 aromatic carbocycles. The first-order chi connectivity index (χ1) is 7.31. The smallest absolute Gasteiger partial charge is 0.147 e. The lowest BCUT2D eigenvalue weighted by atomic mass is 10.0. The summed E-state index contributed by atoms with van der Waals surface area (Å²) in [5.41, 5.74) is 5.69. The van der Waals surface area contributed by atoms with Gasteiger partial charge in [0.15, 0.2) is 0 Å². The second kappa shape index (κ2) is 4.31. The van der Waals surface area contributed by atoms with Gasteiger partial charge in [0.1, 0.15) is 11.6 Å². The number of nitrogens with two attached hydrogens (primary N) is 1. The zero-order valence-electron chi connectivity index (χ0n) is 9.61. The fourth-order valence-electron chi connectivity index (χ4n) is 2.14. The summed E-state index contributed by atoms with van der Waals surface area (Å²) in [6, 6.07) is 0.633. The highest BCUT2D eigenvalue weighted by Crippen LogP contribution is 2.38. The molecule has 1 aliphatic rings. The number of rotatable bonds is 5. The third-order valence-corrected chi connectivity index (χ3v) is 3.24. The Morgan fingerprint density at radius 2 is 2.00 bits per heavy atom. The summed E-state index contributed by atoms with van der Waals surface area (Å²) in [4.78, 5) is 0. The molecule has 84 valence electrons. The highest BCUT2D eigenvalue weighted by Gasteiger charge is 2.30. The van der Waals surface area contributed by atoms with Gasteiger partial charge in [0.2, 0.25) is 0 Å². The second-order valence-corrected chi connectivity index (χ2v) is 4.29. The molecule has 0 spiro atoms. The first-order valence-corrected chi connectivity index (χ1v) is 5.95. The molecule has 0 unspecified atom stereocenters. The normalized spacial score (nSPS) is 16.3. The van der Waals surface area contributed by atoms with Crippen LogP contribution in [0.5, 0.6) is 0 Å². The highest BCUT2D eigenvalue weighted by atomic mass is 15.3. The fourth-order valence-corrected chi connectivity index (χ4v) is 2.14. The fraction of sp³-hybridized carbons (Fsp3) is 0.818. The van der Waals surface area contributed by atoms with E-state index < -0.39 is 0 Å². The molecule has 2 rings (SSSR count). The third-order valence-electron chi connectivity index (χ3n) is 3.24. The molecule has 0 atom stereocenters. The minimum Gasteiger partial charge on any atom is -0.324 e. The monoisotopic (exact) mass is 208 g/mol. The van der Waals surface area contributed by atoms with E-state index in [-0.39, 0.29) is 0 Å². The standard InChI is InChI=1S/C11H20N4/c1-3-8(4-2)11-14-13-10(7-12)15(11)9-5-6-9/h8-9H,3-7,12H2,1-2H3. The van der Waals surface area contributed by atoms with Crippen molar-refractivity contribution in [2.24, 2.45) is 5.73 Å². The van der Waals surface area contributed by atoms with Crippen LogP contribution in [0.4, 0.5) is 0 Å². The minimum atomic E-state index is 0.504. The molecule has 1 aromatic rings. The average molecular weight is 208 g/mol. The Hall–Kier alpha value is -0.900. The van der Waals surface area contributed by atoms with Crippen LogP contribution in [0.2, 0.25) is 0 Å². The number of nitrogens with zero attached hydrogens (tertiary/aromatic N) is 3. The Morgan fingerprint density at radius 3 is 2.47 bits per heavy atom. The van der Waals surface area contributed by atoms with E-state index in [2.05, 4.69) is 28.6 Å². The molecule has 4 heteroatoms. The maximum atomic E-state index is 5.69. The molecular weight excluding hydrogens is 188 g/mol. The molecule has 2 N–H and O–H groups in total. The molecule has 15 heavy (non-hydrogen) atoms. The van der Waals surface area contributed by atoms with Crippen molar-refractivity contribution in [3.8, 4) is 0 Å². The quantitative estimate of drug-likeness (QED) is 0.805. The lowest BCUT2D eigenvalue weighted by Gasteiger charge is -2.14. The molecule has 1 saturated carbocycles. The highest BCUT2D eigenvalue weighted by molar-refractivity contribution is 5.07. The summed E-state index contributed by atoms with van der Waals surface area (Å²) in [6.45, 7) is 4.92. The molecule has 1 aliphatic carbocycles. The summed E-state index contributed by atoms with van der Waals surface area (Å²) in [6.07, 6.45) is 4.79. The van der Waals surface area contributed by atoms with Crippen LogP contribution in [0.25, 0.3) is 0 Å². The molecule has 0 bridgehead atoms. The molecule has 4 nitrogen and oxygen atoms in total. The molecular formula is C11H20N4. The van der Waals surface area contributed by atoms with E-state index in [1.54, 1.807) is 0 Å². The van der Waals surface area contributed by atoms with Crippen LogP contribution in [0.15, 0.2) is 0 Å². The molecule has 0 radical (unpaired) electrons. The van der Waals surface area contributed by atoms with Crippen molar-refractivity contribution >= 4 is 0 Å².